The van der Waals surface area contributed by atoms with Gasteiger partial charge in [0.2, 0.25) is 0 Å². The lowest BCUT2D eigenvalue weighted by atomic mass is 10.1. The van der Waals surface area contributed by atoms with Gasteiger partial charge < -0.3 is 10.8 Å². The normalized spacial score (nSPS) is 26.2. The lowest BCUT2D eigenvalue weighted by molar-refractivity contribution is 0.128. The van der Waals surface area contributed by atoms with Gasteiger partial charge in [0, 0.05) is 18.5 Å². The van der Waals surface area contributed by atoms with Gasteiger partial charge in [0.1, 0.15) is 0 Å². The zero-order valence-corrected chi connectivity index (χ0v) is 8.16. The first-order valence-electron chi connectivity index (χ1n) is 4.84. The number of rotatable bonds is 4. The fourth-order valence-electron chi connectivity index (χ4n) is 2.07. The second kappa shape index (κ2) is 4.58. The van der Waals surface area contributed by atoms with E-state index in [1.54, 1.807) is 0 Å². The third-order valence-corrected chi connectivity index (χ3v) is 2.71. The number of amidine groups is 1. The highest BCUT2D eigenvalue weighted by Crippen LogP contribution is 2.20. The Bertz CT molecular complexity index is 184. The highest BCUT2D eigenvalue weighted by molar-refractivity contribution is 5.77. The molecule has 76 valence electrons. The average molecular weight is 185 g/mol. The summed E-state index contributed by atoms with van der Waals surface area (Å²) in [4.78, 5) is 2.25. The van der Waals surface area contributed by atoms with Crippen molar-refractivity contribution in [2.45, 2.75) is 38.3 Å². The Morgan fingerprint density at radius 2 is 2.46 bits per heavy atom. The van der Waals surface area contributed by atoms with Gasteiger partial charge in [0.05, 0.1) is 12.4 Å². The molecule has 1 aliphatic heterocycles. The standard InChI is InChI=1S/C9H19N3O/c1-7(5-9(10)11)12-4-2-3-8(12)6-13/h7-8,13H,2-6H2,1H3,(H3,10,11). The molecule has 4 nitrogen and oxygen atoms in total. The Morgan fingerprint density at radius 1 is 1.77 bits per heavy atom. The molecule has 0 amide bonds. The van der Waals surface area contributed by atoms with E-state index in [1.165, 1.54) is 0 Å². The number of nitrogens with one attached hydrogen (secondary N) is 1. The van der Waals surface area contributed by atoms with Crippen LogP contribution in [0.3, 0.4) is 0 Å². The molecule has 2 atom stereocenters. The van der Waals surface area contributed by atoms with Gasteiger partial charge in [-0.2, -0.15) is 0 Å². The van der Waals surface area contributed by atoms with Crippen LogP contribution in [0, 0.1) is 5.41 Å². The highest BCUT2D eigenvalue weighted by Gasteiger charge is 2.27. The first-order valence-corrected chi connectivity index (χ1v) is 4.84. The maximum absolute atomic E-state index is 9.09. The van der Waals surface area contributed by atoms with E-state index in [9.17, 15) is 0 Å². The molecular formula is C9H19N3O. The molecule has 4 N–H and O–H groups in total. The van der Waals surface area contributed by atoms with E-state index in [0.29, 0.717) is 6.42 Å². The largest absolute Gasteiger partial charge is 0.395 e. The van der Waals surface area contributed by atoms with Gasteiger partial charge in [0.15, 0.2) is 0 Å². The highest BCUT2D eigenvalue weighted by atomic mass is 16.3. The van der Waals surface area contributed by atoms with Crippen LogP contribution in [0.2, 0.25) is 0 Å². The van der Waals surface area contributed by atoms with E-state index in [0.717, 1.165) is 19.4 Å². The van der Waals surface area contributed by atoms with E-state index in [-0.39, 0.29) is 24.5 Å². The van der Waals surface area contributed by atoms with Crippen molar-refractivity contribution < 1.29 is 5.11 Å². The Labute approximate surface area is 79.2 Å². The lowest BCUT2D eigenvalue weighted by Gasteiger charge is -2.29. The number of aliphatic hydroxyl groups is 1. The molecule has 1 heterocycles. The quantitative estimate of drug-likeness (QED) is 0.431. The predicted molar refractivity (Wildman–Crippen MR) is 52.8 cm³/mol. The van der Waals surface area contributed by atoms with E-state index in [1.807, 2.05) is 0 Å². The van der Waals surface area contributed by atoms with Crippen LogP contribution >= 0.6 is 0 Å². The monoisotopic (exact) mass is 185 g/mol. The maximum Gasteiger partial charge on any atom is 0.0920 e. The minimum Gasteiger partial charge on any atom is -0.395 e. The Morgan fingerprint density at radius 3 is 3.00 bits per heavy atom. The molecule has 0 spiro atoms. The summed E-state index contributed by atoms with van der Waals surface area (Å²) in [5.41, 5.74) is 5.34. The summed E-state index contributed by atoms with van der Waals surface area (Å²) in [5.74, 6) is 0.232. The first kappa shape index (κ1) is 10.5. The molecule has 0 aromatic carbocycles. The minimum absolute atomic E-state index is 0.224. The van der Waals surface area contributed by atoms with E-state index < -0.39 is 0 Å². The second-order valence-corrected chi connectivity index (χ2v) is 3.79. The Balaban J connectivity index is 2.44. The molecule has 0 aromatic heterocycles. The number of hydrogen-bond donors (Lipinski definition) is 3. The zero-order valence-electron chi connectivity index (χ0n) is 8.16. The van der Waals surface area contributed by atoms with Crippen LogP contribution in [0.4, 0.5) is 0 Å². The van der Waals surface area contributed by atoms with Crippen molar-refractivity contribution in [1.82, 2.24) is 4.90 Å². The van der Waals surface area contributed by atoms with Crippen LogP contribution in [-0.2, 0) is 0 Å². The summed E-state index contributed by atoms with van der Waals surface area (Å²) in [6.07, 6.45) is 2.82. The van der Waals surface area contributed by atoms with Crippen molar-refractivity contribution in [3.05, 3.63) is 0 Å². The molecule has 13 heavy (non-hydrogen) atoms. The molecule has 0 radical (unpaired) electrons. The third kappa shape index (κ3) is 2.67. The van der Waals surface area contributed by atoms with Crippen molar-refractivity contribution in [2.24, 2.45) is 5.73 Å². The number of hydrogen-bond acceptors (Lipinski definition) is 3. The molecule has 1 fully saturated rings. The fourth-order valence-corrected chi connectivity index (χ4v) is 2.07. The van der Waals surface area contributed by atoms with Gasteiger partial charge in [0.25, 0.3) is 0 Å². The molecule has 0 aromatic rings. The molecule has 1 aliphatic rings. The van der Waals surface area contributed by atoms with Crippen LogP contribution < -0.4 is 5.73 Å². The summed E-state index contributed by atoms with van der Waals surface area (Å²) in [6.45, 7) is 3.32. The smallest absolute Gasteiger partial charge is 0.0920 e. The predicted octanol–water partition coefficient (Wildman–Crippen LogP) is 0.158. The van der Waals surface area contributed by atoms with Crippen molar-refractivity contribution in [1.29, 1.82) is 5.41 Å². The van der Waals surface area contributed by atoms with Gasteiger partial charge in [-0.25, -0.2) is 0 Å². The van der Waals surface area contributed by atoms with Crippen LogP contribution in [-0.4, -0.2) is 41.1 Å². The number of nitrogens with two attached hydrogens (primary N) is 1. The lowest BCUT2D eigenvalue weighted by Crippen LogP contribution is -2.41. The van der Waals surface area contributed by atoms with Gasteiger partial charge in [-0.3, -0.25) is 10.3 Å². The van der Waals surface area contributed by atoms with E-state index >= 15 is 0 Å². The summed E-state index contributed by atoms with van der Waals surface area (Å²) in [5, 5.41) is 16.3. The van der Waals surface area contributed by atoms with Crippen LogP contribution in [0.1, 0.15) is 26.2 Å². The van der Waals surface area contributed by atoms with Gasteiger partial charge in [-0.05, 0) is 26.3 Å². The molecule has 0 aliphatic carbocycles. The van der Waals surface area contributed by atoms with Crippen molar-refractivity contribution >= 4 is 5.84 Å². The van der Waals surface area contributed by atoms with Gasteiger partial charge >= 0.3 is 0 Å². The van der Waals surface area contributed by atoms with Crippen molar-refractivity contribution in [2.75, 3.05) is 13.2 Å². The van der Waals surface area contributed by atoms with E-state index in [2.05, 4.69) is 11.8 Å². The zero-order chi connectivity index (χ0) is 9.84. The van der Waals surface area contributed by atoms with Crippen LogP contribution in [0.5, 0.6) is 0 Å². The fraction of sp³-hybridized carbons (Fsp3) is 0.889. The molecule has 1 saturated heterocycles. The summed E-state index contributed by atoms with van der Waals surface area (Å²) < 4.78 is 0. The minimum atomic E-state index is 0.224. The summed E-state index contributed by atoms with van der Waals surface area (Å²) in [6, 6.07) is 0.575. The molecule has 4 heteroatoms. The Hall–Kier alpha value is -0.610. The molecule has 1 rings (SSSR count). The van der Waals surface area contributed by atoms with Gasteiger partial charge in [-0.15, -0.1) is 0 Å². The maximum atomic E-state index is 9.09. The number of nitrogens with zero attached hydrogens (tertiary/aromatic N) is 1. The van der Waals surface area contributed by atoms with Gasteiger partial charge in [-0.1, -0.05) is 0 Å². The molecular weight excluding hydrogens is 166 g/mol. The number of likely N-dealkylation sites (tertiary alicyclic amines) is 1. The molecule has 0 saturated carbocycles. The van der Waals surface area contributed by atoms with Crippen molar-refractivity contribution in [3.63, 3.8) is 0 Å². The SMILES string of the molecule is CC(CC(=N)N)N1CCCC1CO. The topological polar surface area (TPSA) is 73.3 Å². The van der Waals surface area contributed by atoms with E-state index in [4.69, 9.17) is 16.2 Å². The van der Waals surface area contributed by atoms with Crippen LogP contribution in [0.15, 0.2) is 0 Å². The third-order valence-electron chi connectivity index (χ3n) is 2.71. The first-order chi connectivity index (χ1) is 6.15. The average Bonchev–Trinajstić information content (AvgIpc) is 2.49. The summed E-state index contributed by atoms with van der Waals surface area (Å²) in [7, 11) is 0. The summed E-state index contributed by atoms with van der Waals surface area (Å²) >= 11 is 0. The molecule has 0 bridgehead atoms. The Kier molecular flexibility index (Phi) is 3.69. The van der Waals surface area contributed by atoms with Crippen molar-refractivity contribution in [3.8, 4) is 0 Å². The molecule has 2 unspecified atom stereocenters. The number of aliphatic hydroxyl groups excluding tert-OH is 1. The second-order valence-electron chi connectivity index (χ2n) is 3.79. The van der Waals surface area contributed by atoms with Crippen LogP contribution in [0.25, 0.3) is 0 Å².